The van der Waals surface area contributed by atoms with Crippen LogP contribution in [0.2, 0.25) is 5.02 Å². The number of phenolic OH excluding ortho intramolecular Hbond substituents is 1. The van der Waals surface area contributed by atoms with E-state index in [0.29, 0.717) is 16.3 Å². The van der Waals surface area contributed by atoms with Crippen molar-refractivity contribution in [2.75, 3.05) is 12.8 Å². The Kier molecular flexibility index (Phi) is 4.73. The van der Waals surface area contributed by atoms with Gasteiger partial charge in [0.2, 0.25) is 0 Å². The normalized spacial score (nSPS) is 11.1. The number of benzene rings is 2. The summed E-state index contributed by atoms with van der Waals surface area (Å²) in [4.78, 5) is 16.3. The first-order valence-corrected chi connectivity index (χ1v) is 8.23. The number of rotatable bonds is 4. The lowest BCUT2D eigenvalue weighted by Gasteiger charge is -2.06. The number of methoxy groups -OCH3 is 1. The Morgan fingerprint density at radius 2 is 2.24 bits per heavy atom. The number of phenols is 1. The van der Waals surface area contributed by atoms with Gasteiger partial charge in [-0.15, -0.1) is 0 Å². The molecule has 3 rings (SSSR count). The molecular weight excluding hydrogens is 364 g/mol. The van der Waals surface area contributed by atoms with Gasteiger partial charge in [-0.25, -0.2) is 10.4 Å². The Balaban J connectivity index is 1.74. The molecule has 3 aromatic rings. The van der Waals surface area contributed by atoms with Crippen LogP contribution in [0.15, 0.2) is 35.4 Å². The van der Waals surface area contributed by atoms with Crippen LogP contribution < -0.4 is 15.9 Å². The first-order chi connectivity index (χ1) is 12.0. The molecule has 1 heterocycles. The number of carbonyl (C=O) groups is 1. The Labute approximate surface area is 151 Å². The summed E-state index contributed by atoms with van der Waals surface area (Å²) < 4.78 is 5.83. The number of nitrogens with zero attached hydrogens (tertiary/aromatic N) is 2. The van der Waals surface area contributed by atoms with Crippen molar-refractivity contribution in [2.24, 2.45) is 5.10 Å². The van der Waals surface area contributed by atoms with Crippen molar-refractivity contribution in [3.05, 3.63) is 46.5 Å². The van der Waals surface area contributed by atoms with Gasteiger partial charge in [0.05, 0.1) is 28.6 Å². The minimum atomic E-state index is -0.373. The van der Waals surface area contributed by atoms with Crippen LogP contribution >= 0.6 is 22.9 Å². The number of thiazole rings is 1. The predicted octanol–water partition coefficient (Wildman–Crippen LogP) is 3.01. The molecular formula is C16H13ClN4O3S. The SMILES string of the molecule is COc1cc(/C=N\NC(=O)c2ccc3nc(N)sc3c2)cc(Cl)c1O. The zero-order valence-corrected chi connectivity index (χ0v) is 14.6. The van der Waals surface area contributed by atoms with Gasteiger partial charge >= 0.3 is 0 Å². The third-order valence-electron chi connectivity index (χ3n) is 3.32. The predicted molar refractivity (Wildman–Crippen MR) is 98.8 cm³/mol. The molecule has 0 aliphatic carbocycles. The quantitative estimate of drug-likeness (QED) is 0.479. The molecule has 2 aromatic carbocycles. The average Bonchev–Trinajstić information content (AvgIpc) is 2.96. The van der Waals surface area contributed by atoms with Crippen LogP contribution in [-0.4, -0.2) is 29.3 Å². The molecule has 128 valence electrons. The third kappa shape index (κ3) is 3.65. The molecule has 1 aromatic heterocycles. The lowest BCUT2D eigenvalue weighted by Crippen LogP contribution is -2.17. The molecule has 0 aliphatic heterocycles. The summed E-state index contributed by atoms with van der Waals surface area (Å²) in [5.74, 6) is -0.307. The van der Waals surface area contributed by atoms with Crippen LogP contribution in [0.25, 0.3) is 10.2 Å². The van der Waals surface area contributed by atoms with Gasteiger partial charge in [-0.2, -0.15) is 5.10 Å². The standard InChI is InChI=1S/C16H13ClN4O3S/c1-24-12-5-8(4-10(17)14(12)22)7-19-21-15(23)9-2-3-11-13(6-9)25-16(18)20-11/h2-7,22H,1H3,(H2,18,20)(H,21,23)/b19-7-. The van der Waals surface area contributed by atoms with Gasteiger partial charge in [-0.1, -0.05) is 22.9 Å². The van der Waals surface area contributed by atoms with Gasteiger partial charge in [0.25, 0.3) is 5.91 Å². The van der Waals surface area contributed by atoms with Crippen molar-refractivity contribution in [1.82, 2.24) is 10.4 Å². The maximum absolute atomic E-state index is 12.2. The summed E-state index contributed by atoms with van der Waals surface area (Å²) in [7, 11) is 1.41. The molecule has 0 saturated heterocycles. The molecule has 0 saturated carbocycles. The Hall–Kier alpha value is -2.84. The second-order valence-electron chi connectivity index (χ2n) is 4.99. The number of hydrazone groups is 1. The number of hydrogen-bond acceptors (Lipinski definition) is 7. The Morgan fingerprint density at radius 3 is 3.00 bits per heavy atom. The lowest BCUT2D eigenvalue weighted by molar-refractivity contribution is 0.0955. The lowest BCUT2D eigenvalue weighted by atomic mass is 10.2. The zero-order chi connectivity index (χ0) is 18.0. The number of aromatic nitrogens is 1. The molecule has 1 amide bonds. The topological polar surface area (TPSA) is 110 Å². The molecule has 25 heavy (non-hydrogen) atoms. The number of nitrogen functional groups attached to an aromatic ring is 1. The van der Waals surface area contributed by atoms with Crippen LogP contribution in [0.5, 0.6) is 11.5 Å². The van der Waals surface area contributed by atoms with E-state index in [9.17, 15) is 9.90 Å². The number of halogens is 1. The number of ether oxygens (including phenoxy) is 1. The van der Waals surface area contributed by atoms with E-state index in [4.69, 9.17) is 22.1 Å². The van der Waals surface area contributed by atoms with Gasteiger partial charge in [-0.05, 0) is 35.9 Å². The average molecular weight is 377 g/mol. The van der Waals surface area contributed by atoms with Crippen molar-refractivity contribution >= 4 is 50.4 Å². The molecule has 4 N–H and O–H groups in total. The van der Waals surface area contributed by atoms with E-state index in [1.165, 1.54) is 30.7 Å². The fourth-order valence-corrected chi connectivity index (χ4v) is 3.13. The van der Waals surface area contributed by atoms with Crippen LogP contribution in [-0.2, 0) is 0 Å². The first-order valence-electron chi connectivity index (χ1n) is 7.04. The van der Waals surface area contributed by atoms with Crippen molar-refractivity contribution < 1.29 is 14.6 Å². The van der Waals surface area contributed by atoms with E-state index in [-0.39, 0.29) is 22.4 Å². The first kappa shape index (κ1) is 17.0. The largest absolute Gasteiger partial charge is 0.503 e. The summed E-state index contributed by atoms with van der Waals surface area (Å²) in [5, 5.41) is 14.2. The van der Waals surface area contributed by atoms with Gasteiger partial charge < -0.3 is 15.6 Å². The monoisotopic (exact) mass is 376 g/mol. The number of nitrogens with two attached hydrogens (primary N) is 1. The highest BCUT2D eigenvalue weighted by molar-refractivity contribution is 7.22. The maximum atomic E-state index is 12.2. The third-order valence-corrected chi connectivity index (χ3v) is 4.45. The highest BCUT2D eigenvalue weighted by Crippen LogP contribution is 2.34. The maximum Gasteiger partial charge on any atom is 0.271 e. The van der Waals surface area contributed by atoms with E-state index in [2.05, 4.69) is 15.5 Å². The summed E-state index contributed by atoms with van der Waals surface area (Å²) in [6.07, 6.45) is 1.40. The fraction of sp³-hybridized carbons (Fsp3) is 0.0625. The minimum Gasteiger partial charge on any atom is -0.503 e. The minimum absolute atomic E-state index is 0.125. The van der Waals surface area contributed by atoms with Gasteiger partial charge in [0, 0.05) is 5.56 Å². The van der Waals surface area contributed by atoms with Crippen molar-refractivity contribution in [2.45, 2.75) is 0 Å². The van der Waals surface area contributed by atoms with Crippen LogP contribution in [0.3, 0.4) is 0 Å². The smallest absolute Gasteiger partial charge is 0.271 e. The summed E-state index contributed by atoms with van der Waals surface area (Å²) in [6, 6.07) is 8.12. The van der Waals surface area contributed by atoms with E-state index < -0.39 is 0 Å². The number of fused-ring (bicyclic) bond motifs is 1. The number of anilines is 1. The number of aromatic hydroxyl groups is 1. The molecule has 0 unspecified atom stereocenters. The molecule has 0 radical (unpaired) electrons. The number of nitrogens with one attached hydrogen (secondary N) is 1. The van der Waals surface area contributed by atoms with E-state index >= 15 is 0 Å². The Bertz CT molecular complexity index is 987. The highest BCUT2D eigenvalue weighted by atomic mass is 35.5. The van der Waals surface area contributed by atoms with E-state index in [0.717, 1.165) is 10.2 Å². The fourth-order valence-electron chi connectivity index (χ4n) is 2.14. The number of hydrogen-bond donors (Lipinski definition) is 3. The van der Waals surface area contributed by atoms with Crippen molar-refractivity contribution in [3.63, 3.8) is 0 Å². The van der Waals surface area contributed by atoms with Gasteiger partial charge in [-0.3, -0.25) is 4.79 Å². The van der Waals surface area contributed by atoms with E-state index in [1.54, 1.807) is 24.3 Å². The molecule has 0 bridgehead atoms. The zero-order valence-electron chi connectivity index (χ0n) is 13.0. The van der Waals surface area contributed by atoms with Crippen LogP contribution in [0.4, 0.5) is 5.13 Å². The highest BCUT2D eigenvalue weighted by Gasteiger charge is 2.09. The second-order valence-corrected chi connectivity index (χ2v) is 6.46. The molecule has 9 heteroatoms. The Morgan fingerprint density at radius 1 is 1.44 bits per heavy atom. The van der Waals surface area contributed by atoms with Crippen molar-refractivity contribution in [1.29, 1.82) is 0 Å². The number of carbonyl (C=O) groups excluding carboxylic acids is 1. The van der Waals surface area contributed by atoms with Crippen LogP contribution in [0.1, 0.15) is 15.9 Å². The summed E-state index contributed by atoms with van der Waals surface area (Å²) >= 11 is 7.21. The molecule has 0 spiro atoms. The second kappa shape index (κ2) is 6.96. The molecule has 7 nitrogen and oxygen atoms in total. The van der Waals surface area contributed by atoms with Gasteiger partial charge in [0.1, 0.15) is 0 Å². The molecule has 0 fully saturated rings. The summed E-state index contributed by atoms with van der Waals surface area (Å²) in [6.45, 7) is 0. The molecule has 0 atom stereocenters. The summed E-state index contributed by atoms with van der Waals surface area (Å²) in [5.41, 5.74) is 9.82. The van der Waals surface area contributed by atoms with Crippen molar-refractivity contribution in [3.8, 4) is 11.5 Å². The number of amides is 1. The van der Waals surface area contributed by atoms with Crippen LogP contribution in [0, 0.1) is 0 Å². The molecule has 0 aliphatic rings. The van der Waals surface area contributed by atoms with E-state index in [1.807, 2.05) is 0 Å². The van der Waals surface area contributed by atoms with Gasteiger partial charge in [0.15, 0.2) is 16.6 Å².